The summed E-state index contributed by atoms with van der Waals surface area (Å²) in [5.74, 6) is 0.107. The summed E-state index contributed by atoms with van der Waals surface area (Å²) in [5, 5.41) is 15.7. The van der Waals surface area contributed by atoms with Crippen LogP contribution in [-0.2, 0) is 15.7 Å². The van der Waals surface area contributed by atoms with E-state index in [4.69, 9.17) is 16.7 Å². The summed E-state index contributed by atoms with van der Waals surface area (Å²) in [5.41, 5.74) is -1.32. The van der Waals surface area contributed by atoms with Crippen LogP contribution in [0.25, 0.3) is 0 Å². The third-order valence-corrected chi connectivity index (χ3v) is 5.59. The van der Waals surface area contributed by atoms with Crippen LogP contribution < -0.4 is 5.14 Å². The van der Waals surface area contributed by atoms with Crippen LogP contribution in [0, 0.1) is 0 Å². The Morgan fingerprint density at radius 1 is 1.48 bits per heavy atom. The lowest BCUT2D eigenvalue weighted by Gasteiger charge is -2.36. The summed E-state index contributed by atoms with van der Waals surface area (Å²) in [6.07, 6.45) is 0. The molecule has 0 spiro atoms. The number of thioether (sulfide) groups is 1. The van der Waals surface area contributed by atoms with Crippen molar-refractivity contribution >= 4 is 38.6 Å². The Labute approximate surface area is 132 Å². The number of amides is 1. The lowest BCUT2D eigenvalue weighted by Crippen LogP contribution is -2.48. The van der Waals surface area contributed by atoms with E-state index < -0.39 is 15.7 Å². The van der Waals surface area contributed by atoms with E-state index in [9.17, 15) is 18.3 Å². The van der Waals surface area contributed by atoms with Gasteiger partial charge in [-0.3, -0.25) is 9.69 Å². The van der Waals surface area contributed by atoms with Gasteiger partial charge in [-0.1, -0.05) is 29.4 Å². The second kappa shape index (κ2) is 5.44. The molecule has 1 fully saturated rings. The summed E-state index contributed by atoms with van der Waals surface area (Å²) < 4.78 is 23.1. The number of primary sulfonamides is 1. The average molecular weight is 351 g/mol. The van der Waals surface area contributed by atoms with Crippen molar-refractivity contribution in [3.63, 3.8) is 0 Å². The quantitative estimate of drug-likeness (QED) is 0.864. The van der Waals surface area contributed by atoms with E-state index in [2.05, 4.69) is 0 Å². The number of nitrogens with two attached hydrogens (primary N) is 1. The van der Waals surface area contributed by atoms with Gasteiger partial charge in [0.25, 0.3) is 5.24 Å². The SMILES string of the molecule is CC(C)N1C(=O)SCC1(O)c1ccc(Cl)c(S(N)(=O)=O)c1. The zero-order chi connectivity index (χ0) is 16.0. The molecule has 0 bridgehead atoms. The van der Waals surface area contributed by atoms with Crippen molar-refractivity contribution in [2.75, 3.05) is 5.75 Å². The number of hydrogen-bond acceptors (Lipinski definition) is 5. The summed E-state index contributed by atoms with van der Waals surface area (Å²) in [6, 6.07) is 3.81. The molecule has 1 aliphatic heterocycles. The van der Waals surface area contributed by atoms with Gasteiger partial charge < -0.3 is 5.11 Å². The Bertz CT molecular complexity index is 692. The highest BCUT2D eigenvalue weighted by molar-refractivity contribution is 8.13. The molecular weight excluding hydrogens is 336 g/mol. The van der Waals surface area contributed by atoms with E-state index in [1.165, 1.54) is 23.1 Å². The normalized spacial score (nSPS) is 23.1. The molecule has 1 saturated heterocycles. The minimum atomic E-state index is -4.02. The van der Waals surface area contributed by atoms with Gasteiger partial charge >= 0.3 is 0 Å². The highest BCUT2D eigenvalue weighted by Gasteiger charge is 2.47. The molecule has 21 heavy (non-hydrogen) atoms. The van der Waals surface area contributed by atoms with E-state index >= 15 is 0 Å². The minimum Gasteiger partial charge on any atom is -0.366 e. The van der Waals surface area contributed by atoms with Gasteiger partial charge in [0.2, 0.25) is 10.0 Å². The molecule has 3 N–H and O–H groups in total. The van der Waals surface area contributed by atoms with Gasteiger partial charge in [0.15, 0.2) is 5.72 Å². The Morgan fingerprint density at radius 2 is 2.10 bits per heavy atom. The molecule has 1 unspecified atom stereocenters. The molecule has 0 aromatic heterocycles. The monoisotopic (exact) mass is 350 g/mol. The largest absolute Gasteiger partial charge is 0.366 e. The Balaban J connectivity index is 2.59. The standard InChI is InChI=1S/C12H15ClN2O4S2/c1-7(2)15-11(16)20-6-12(15,17)8-3-4-9(13)10(5-8)21(14,18)19/h3-5,7,17H,6H2,1-2H3,(H2,14,18,19). The van der Waals surface area contributed by atoms with Crippen molar-refractivity contribution in [2.45, 2.75) is 30.5 Å². The number of aliphatic hydroxyl groups is 1. The Morgan fingerprint density at radius 3 is 2.62 bits per heavy atom. The topological polar surface area (TPSA) is 101 Å². The van der Waals surface area contributed by atoms with Crippen molar-refractivity contribution in [1.82, 2.24) is 4.90 Å². The van der Waals surface area contributed by atoms with Crippen molar-refractivity contribution in [2.24, 2.45) is 5.14 Å². The predicted octanol–water partition coefficient (Wildman–Crippen LogP) is 1.71. The molecular formula is C12H15ClN2O4S2. The summed E-state index contributed by atoms with van der Waals surface area (Å²) >= 11 is 6.81. The molecule has 1 aromatic rings. The van der Waals surface area contributed by atoms with Gasteiger partial charge in [0.05, 0.1) is 10.8 Å². The zero-order valence-corrected chi connectivity index (χ0v) is 13.8. The van der Waals surface area contributed by atoms with Gasteiger partial charge in [-0.05, 0) is 26.0 Å². The van der Waals surface area contributed by atoms with E-state index in [1.807, 2.05) is 0 Å². The number of benzene rings is 1. The maximum absolute atomic E-state index is 11.9. The molecule has 1 amide bonds. The number of carbonyl (C=O) groups is 1. The number of halogens is 1. The fourth-order valence-corrected chi connectivity index (χ4v) is 4.49. The van der Waals surface area contributed by atoms with E-state index in [0.717, 1.165) is 11.8 Å². The molecule has 1 aromatic carbocycles. The summed E-state index contributed by atoms with van der Waals surface area (Å²) in [7, 11) is -4.02. The number of carbonyl (C=O) groups excluding carboxylic acids is 1. The van der Waals surface area contributed by atoms with Gasteiger partial charge in [-0.25, -0.2) is 13.6 Å². The average Bonchev–Trinajstić information content (AvgIpc) is 2.65. The smallest absolute Gasteiger partial charge is 0.284 e. The van der Waals surface area contributed by atoms with E-state index in [0.29, 0.717) is 0 Å². The lowest BCUT2D eigenvalue weighted by molar-refractivity contribution is -0.0700. The number of sulfonamides is 1. The van der Waals surface area contributed by atoms with Crippen LogP contribution in [0.3, 0.4) is 0 Å². The fraction of sp³-hybridized carbons (Fsp3) is 0.417. The minimum absolute atomic E-state index is 0.0297. The van der Waals surface area contributed by atoms with Gasteiger partial charge in [0, 0.05) is 11.6 Å². The molecule has 0 radical (unpaired) electrons. The fourth-order valence-electron chi connectivity index (χ4n) is 2.28. The maximum Gasteiger partial charge on any atom is 0.284 e. The first-order valence-corrected chi connectivity index (χ1v) is 8.99. The molecule has 1 heterocycles. The summed E-state index contributed by atoms with van der Waals surface area (Å²) in [6.45, 7) is 3.54. The highest BCUT2D eigenvalue weighted by Crippen LogP contribution is 2.41. The van der Waals surface area contributed by atoms with Crippen molar-refractivity contribution in [3.05, 3.63) is 28.8 Å². The lowest BCUT2D eigenvalue weighted by atomic mass is 10.0. The first kappa shape index (κ1) is 16.6. The number of nitrogens with zero attached hydrogens (tertiary/aromatic N) is 1. The second-order valence-corrected chi connectivity index (χ2v) is 7.89. The van der Waals surface area contributed by atoms with Crippen molar-refractivity contribution in [1.29, 1.82) is 0 Å². The van der Waals surface area contributed by atoms with Crippen LogP contribution in [0.2, 0.25) is 5.02 Å². The third kappa shape index (κ3) is 2.91. The first-order chi connectivity index (χ1) is 9.57. The molecule has 0 aliphatic carbocycles. The molecule has 6 nitrogen and oxygen atoms in total. The van der Waals surface area contributed by atoms with Crippen molar-refractivity contribution in [3.8, 4) is 0 Å². The first-order valence-electron chi connectivity index (χ1n) is 6.08. The number of hydrogen-bond donors (Lipinski definition) is 2. The van der Waals surface area contributed by atoms with Crippen LogP contribution in [-0.4, -0.2) is 35.5 Å². The van der Waals surface area contributed by atoms with E-state index in [1.54, 1.807) is 13.8 Å². The summed E-state index contributed by atoms with van der Waals surface area (Å²) in [4.78, 5) is 13.0. The third-order valence-electron chi connectivity index (χ3n) is 3.21. The molecule has 9 heteroatoms. The number of rotatable bonds is 3. The zero-order valence-electron chi connectivity index (χ0n) is 11.4. The molecule has 1 aliphatic rings. The highest BCUT2D eigenvalue weighted by atomic mass is 35.5. The van der Waals surface area contributed by atoms with Crippen LogP contribution >= 0.6 is 23.4 Å². The van der Waals surface area contributed by atoms with Crippen LogP contribution in [0.1, 0.15) is 19.4 Å². The molecule has 1 atom stereocenters. The molecule has 2 rings (SSSR count). The van der Waals surface area contributed by atoms with Crippen LogP contribution in [0.5, 0.6) is 0 Å². The van der Waals surface area contributed by atoms with E-state index in [-0.39, 0.29) is 32.5 Å². The Hall–Kier alpha value is -0.800. The predicted molar refractivity (Wildman–Crippen MR) is 81.6 cm³/mol. The van der Waals surface area contributed by atoms with Gasteiger partial charge in [-0.2, -0.15) is 0 Å². The molecule has 0 saturated carbocycles. The van der Waals surface area contributed by atoms with Gasteiger partial charge in [0.1, 0.15) is 4.90 Å². The van der Waals surface area contributed by atoms with Crippen LogP contribution in [0.15, 0.2) is 23.1 Å². The van der Waals surface area contributed by atoms with Crippen LogP contribution in [0.4, 0.5) is 4.79 Å². The maximum atomic E-state index is 11.9. The van der Waals surface area contributed by atoms with Gasteiger partial charge in [-0.15, -0.1) is 0 Å². The Kier molecular flexibility index (Phi) is 4.29. The molecule has 116 valence electrons. The van der Waals surface area contributed by atoms with Crippen molar-refractivity contribution < 1.29 is 18.3 Å². The second-order valence-electron chi connectivity index (χ2n) is 5.03.